The summed E-state index contributed by atoms with van der Waals surface area (Å²) in [5, 5.41) is 4.50. The van der Waals surface area contributed by atoms with E-state index in [4.69, 9.17) is 4.94 Å². The van der Waals surface area contributed by atoms with Crippen LogP contribution in [-0.4, -0.2) is 34.3 Å². The molecule has 2 saturated heterocycles. The van der Waals surface area contributed by atoms with E-state index in [1.54, 1.807) is 0 Å². The molecule has 0 atom stereocenters. The van der Waals surface area contributed by atoms with Crippen LogP contribution in [0.4, 0.5) is 0 Å². The number of hydroxylamine groups is 4. The van der Waals surface area contributed by atoms with Crippen LogP contribution in [0.25, 0.3) is 0 Å². The summed E-state index contributed by atoms with van der Waals surface area (Å²) in [6.07, 6.45) is 4.93. The summed E-state index contributed by atoms with van der Waals surface area (Å²) in [5.74, 6) is 0. The van der Waals surface area contributed by atoms with Crippen LogP contribution >= 0.6 is 0 Å². The van der Waals surface area contributed by atoms with Gasteiger partial charge in [-0.1, -0.05) is 27.7 Å². The molecule has 0 aromatic carbocycles. The van der Waals surface area contributed by atoms with Crippen LogP contribution in [0.3, 0.4) is 0 Å². The van der Waals surface area contributed by atoms with Gasteiger partial charge in [-0.05, 0) is 64.2 Å². The molecular formula is C18H36N2O. The second-order valence-corrected chi connectivity index (χ2v) is 10.1. The fourth-order valence-electron chi connectivity index (χ4n) is 3.30. The average Bonchev–Trinajstić information content (AvgIpc) is 2.30. The monoisotopic (exact) mass is 296 g/mol. The second kappa shape index (κ2) is 5.21. The maximum absolute atomic E-state index is 6.50. The summed E-state index contributed by atoms with van der Waals surface area (Å²) in [6, 6.07) is 0. The van der Waals surface area contributed by atoms with E-state index in [0.717, 1.165) is 13.1 Å². The van der Waals surface area contributed by atoms with Crippen molar-refractivity contribution in [2.75, 3.05) is 13.1 Å². The summed E-state index contributed by atoms with van der Waals surface area (Å²) >= 11 is 0. The van der Waals surface area contributed by atoms with Crippen molar-refractivity contribution in [2.45, 2.75) is 92.2 Å². The molecule has 0 amide bonds. The van der Waals surface area contributed by atoms with Gasteiger partial charge in [0, 0.05) is 24.2 Å². The van der Waals surface area contributed by atoms with Gasteiger partial charge in [0.2, 0.25) is 0 Å². The number of hydrogen-bond donors (Lipinski definition) is 0. The molecule has 2 fully saturated rings. The van der Waals surface area contributed by atoms with Gasteiger partial charge in [0.25, 0.3) is 0 Å². The van der Waals surface area contributed by atoms with Gasteiger partial charge in [-0.2, -0.15) is 10.1 Å². The van der Waals surface area contributed by atoms with Crippen molar-refractivity contribution in [1.29, 1.82) is 0 Å². The van der Waals surface area contributed by atoms with Crippen molar-refractivity contribution in [3.05, 3.63) is 0 Å². The molecular weight excluding hydrogens is 260 g/mol. The van der Waals surface area contributed by atoms with Gasteiger partial charge in [0.15, 0.2) is 0 Å². The predicted molar refractivity (Wildman–Crippen MR) is 88.7 cm³/mol. The lowest BCUT2D eigenvalue weighted by molar-refractivity contribution is -0.405. The van der Waals surface area contributed by atoms with Crippen molar-refractivity contribution in [1.82, 2.24) is 10.1 Å². The zero-order valence-corrected chi connectivity index (χ0v) is 15.5. The molecule has 21 heavy (non-hydrogen) atoms. The van der Waals surface area contributed by atoms with Gasteiger partial charge in [-0.15, -0.1) is 0 Å². The maximum Gasteiger partial charge on any atom is 0.0426 e. The third kappa shape index (κ3) is 4.00. The summed E-state index contributed by atoms with van der Waals surface area (Å²) in [7, 11) is 0. The molecule has 0 spiro atoms. The zero-order chi connectivity index (χ0) is 16.1. The van der Waals surface area contributed by atoms with Crippen LogP contribution in [0.15, 0.2) is 0 Å². The normalized spacial score (nSPS) is 32.0. The van der Waals surface area contributed by atoms with E-state index in [0.29, 0.717) is 10.8 Å². The number of hydrogen-bond acceptors (Lipinski definition) is 3. The Bertz CT molecular complexity index is 349. The molecule has 124 valence electrons. The molecule has 2 heterocycles. The topological polar surface area (TPSA) is 15.7 Å². The van der Waals surface area contributed by atoms with Gasteiger partial charge in [0.05, 0.1) is 0 Å². The third-order valence-electron chi connectivity index (χ3n) is 5.52. The minimum Gasteiger partial charge on any atom is -0.207 e. The Labute approximate surface area is 131 Å². The fourth-order valence-corrected chi connectivity index (χ4v) is 3.30. The van der Waals surface area contributed by atoms with Crippen LogP contribution in [-0.2, 0) is 4.94 Å². The van der Waals surface area contributed by atoms with E-state index >= 15 is 0 Å². The summed E-state index contributed by atoms with van der Waals surface area (Å²) in [6.45, 7) is 20.7. The van der Waals surface area contributed by atoms with Gasteiger partial charge in [-0.3, -0.25) is 0 Å². The van der Waals surface area contributed by atoms with Gasteiger partial charge >= 0.3 is 0 Å². The largest absolute Gasteiger partial charge is 0.207 e. The van der Waals surface area contributed by atoms with E-state index in [1.165, 1.54) is 25.7 Å². The van der Waals surface area contributed by atoms with Crippen molar-refractivity contribution < 1.29 is 4.94 Å². The van der Waals surface area contributed by atoms with Crippen molar-refractivity contribution in [3.63, 3.8) is 0 Å². The Balaban J connectivity index is 2.13. The molecule has 3 heteroatoms. The van der Waals surface area contributed by atoms with Crippen LogP contribution in [0.5, 0.6) is 0 Å². The van der Waals surface area contributed by atoms with Crippen LogP contribution in [0.2, 0.25) is 0 Å². The molecule has 2 aliphatic heterocycles. The molecule has 2 rings (SSSR count). The second-order valence-electron chi connectivity index (χ2n) is 10.1. The van der Waals surface area contributed by atoms with Crippen molar-refractivity contribution in [2.24, 2.45) is 10.8 Å². The van der Waals surface area contributed by atoms with Crippen molar-refractivity contribution >= 4 is 0 Å². The first-order chi connectivity index (χ1) is 9.33. The molecule has 0 saturated carbocycles. The lowest BCUT2D eigenvalue weighted by Gasteiger charge is -2.53. The summed E-state index contributed by atoms with van der Waals surface area (Å²) in [4.78, 5) is 6.50. The third-order valence-corrected chi connectivity index (χ3v) is 5.52. The summed E-state index contributed by atoms with van der Waals surface area (Å²) < 4.78 is 0. The van der Waals surface area contributed by atoms with Crippen LogP contribution in [0.1, 0.15) is 81.1 Å². The van der Waals surface area contributed by atoms with E-state index in [1.807, 2.05) is 0 Å². The Morgan fingerprint density at radius 2 is 0.905 bits per heavy atom. The highest BCUT2D eigenvalue weighted by atomic mass is 16.8. The quantitative estimate of drug-likeness (QED) is 0.738. The molecule has 0 radical (unpaired) electrons. The van der Waals surface area contributed by atoms with E-state index < -0.39 is 0 Å². The molecule has 0 aromatic heterocycles. The van der Waals surface area contributed by atoms with E-state index in [9.17, 15) is 0 Å². The first kappa shape index (κ1) is 17.2. The van der Waals surface area contributed by atoms with E-state index in [2.05, 4.69) is 65.5 Å². The molecule has 2 aliphatic rings. The molecule has 3 nitrogen and oxygen atoms in total. The smallest absolute Gasteiger partial charge is 0.0426 e. The standard InChI is InChI=1S/C18H36N2O/c1-15(2)9-11-17(5,6)19(13-15)21-20-14-16(3,4)10-12-18(20,7)8/h9-14H2,1-8H3. The van der Waals surface area contributed by atoms with Gasteiger partial charge in [-0.25, -0.2) is 4.94 Å². The first-order valence-corrected chi connectivity index (χ1v) is 8.57. The summed E-state index contributed by atoms with van der Waals surface area (Å²) in [5.41, 5.74) is 0.913. The minimum atomic E-state index is 0.118. The molecule has 0 aromatic rings. The fraction of sp³-hybridized carbons (Fsp3) is 1.00. The Kier molecular flexibility index (Phi) is 4.28. The lowest BCUT2D eigenvalue weighted by Crippen LogP contribution is -2.60. The number of rotatable bonds is 2. The number of piperidine rings is 2. The Hall–Kier alpha value is -0.120. The number of nitrogens with zero attached hydrogens (tertiary/aromatic N) is 2. The van der Waals surface area contributed by atoms with Crippen LogP contribution < -0.4 is 0 Å². The Morgan fingerprint density at radius 1 is 0.571 bits per heavy atom. The zero-order valence-electron chi connectivity index (χ0n) is 15.5. The SMILES string of the molecule is CC1(C)CCC(C)(C)N(ON2CC(C)(C)CCC2(C)C)C1. The highest BCUT2D eigenvalue weighted by Gasteiger charge is 2.44. The Morgan fingerprint density at radius 3 is 1.24 bits per heavy atom. The molecule has 0 unspecified atom stereocenters. The van der Waals surface area contributed by atoms with E-state index in [-0.39, 0.29) is 11.1 Å². The molecule has 0 aliphatic carbocycles. The van der Waals surface area contributed by atoms with Gasteiger partial charge < -0.3 is 0 Å². The first-order valence-electron chi connectivity index (χ1n) is 8.57. The average molecular weight is 296 g/mol. The minimum absolute atomic E-state index is 0.118. The van der Waals surface area contributed by atoms with Crippen LogP contribution in [0, 0.1) is 10.8 Å². The molecule has 0 N–H and O–H groups in total. The predicted octanol–water partition coefficient (Wildman–Crippen LogP) is 4.63. The molecule has 0 bridgehead atoms. The highest BCUT2D eigenvalue weighted by molar-refractivity contribution is 4.91. The highest BCUT2D eigenvalue weighted by Crippen LogP contribution is 2.42. The maximum atomic E-state index is 6.50. The lowest BCUT2D eigenvalue weighted by atomic mass is 9.77. The van der Waals surface area contributed by atoms with Crippen molar-refractivity contribution in [3.8, 4) is 0 Å². The van der Waals surface area contributed by atoms with Gasteiger partial charge in [0.1, 0.15) is 0 Å².